The van der Waals surface area contributed by atoms with Gasteiger partial charge in [-0.3, -0.25) is 4.79 Å². The Hall–Kier alpha value is -1.44. The smallest absolute Gasteiger partial charge is 0.240 e. The van der Waals surface area contributed by atoms with E-state index in [-0.39, 0.29) is 16.8 Å². The van der Waals surface area contributed by atoms with E-state index in [0.717, 1.165) is 44.1 Å². The van der Waals surface area contributed by atoms with Crippen molar-refractivity contribution in [3.05, 3.63) is 29.8 Å². The van der Waals surface area contributed by atoms with E-state index in [1.807, 2.05) is 0 Å². The largest absolute Gasteiger partial charge is 0.385 e. The van der Waals surface area contributed by atoms with E-state index in [9.17, 15) is 13.2 Å². The van der Waals surface area contributed by atoms with Crippen molar-refractivity contribution in [1.29, 1.82) is 0 Å². The predicted octanol–water partition coefficient (Wildman–Crippen LogP) is 2.38. The topological polar surface area (TPSA) is 84.5 Å². The highest BCUT2D eigenvalue weighted by molar-refractivity contribution is 7.89. The molecule has 0 saturated heterocycles. The van der Waals surface area contributed by atoms with E-state index >= 15 is 0 Å². The van der Waals surface area contributed by atoms with Crippen molar-refractivity contribution in [3.8, 4) is 0 Å². The number of methoxy groups -OCH3 is 1. The predicted molar refractivity (Wildman–Crippen MR) is 101 cm³/mol. The molecular formula is C19H30N2O4S. The van der Waals surface area contributed by atoms with Crippen LogP contribution in [0, 0.1) is 0 Å². The molecule has 0 bridgehead atoms. The highest BCUT2D eigenvalue weighted by atomic mass is 32.2. The Balaban J connectivity index is 1.75. The molecule has 0 aliphatic heterocycles. The summed E-state index contributed by atoms with van der Waals surface area (Å²) in [5.41, 5.74) is 0.958. The molecule has 0 heterocycles. The fourth-order valence-electron chi connectivity index (χ4n) is 3.11. The van der Waals surface area contributed by atoms with Crippen LogP contribution in [0.3, 0.4) is 0 Å². The number of unbranched alkanes of at least 4 members (excludes halogenated alkanes) is 1. The number of ether oxygens (including phenoxy) is 1. The number of nitrogens with one attached hydrogen (secondary N) is 2. The molecule has 6 nitrogen and oxygen atoms in total. The Bertz CT molecular complexity index is 653. The number of benzene rings is 1. The first-order valence-electron chi connectivity index (χ1n) is 9.38. The van der Waals surface area contributed by atoms with E-state index in [1.165, 1.54) is 0 Å². The van der Waals surface area contributed by atoms with Gasteiger partial charge in [0.2, 0.25) is 15.9 Å². The minimum absolute atomic E-state index is 0.0158. The van der Waals surface area contributed by atoms with Crippen LogP contribution in [0.2, 0.25) is 0 Å². The lowest BCUT2D eigenvalue weighted by atomic mass is 10.1. The summed E-state index contributed by atoms with van der Waals surface area (Å²) in [6, 6.07) is 6.88. The molecule has 0 unspecified atom stereocenters. The summed E-state index contributed by atoms with van der Waals surface area (Å²) in [5.74, 6) is 0.0158. The van der Waals surface area contributed by atoms with Gasteiger partial charge in [-0.1, -0.05) is 25.0 Å². The zero-order valence-electron chi connectivity index (χ0n) is 15.5. The van der Waals surface area contributed by atoms with Crippen molar-refractivity contribution in [2.24, 2.45) is 0 Å². The summed E-state index contributed by atoms with van der Waals surface area (Å²) >= 11 is 0. The van der Waals surface area contributed by atoms with Crippen LogP contribution in [-0.4, -0.2) is 40.6 Å². The van der Waals surface area contributed by atoms with Gasteiger partial charge in [-0.25, -0.2) is 13.1 Å². The number of amides is 1. The molecule has 1 aromatic carbocycles. The molecule has 1 amide bonds. The van der Waals surface area contributed by atoms with Crippen molar-refractivity contribution in [3.63, 3.8) is 0 Å². The zero-order chi connectivity index (χ0) is 18.8. The van der Waals surface area contributed by atoms with E-state index in [0.29, 0.717) is 26.0 Å². The first-order chi connectivity index (χ1) is 12.5. The van der Waals surface area contributed by atoms with Gasteiger partial charge in [0.25, 0.3) is 0 Å². The third kappa shape index (κ3) is 7.05. The lowest BCUT2D eigenvalue weighted by Crippen LogP contribution is -2.32. The van der Waals surface area contributed by atoms with Crippen LogP contribution in [0.5, 0.6) is 0 Å². The minimum Gasteiger partial charge on any atom is -0.385 e. The summed E-state index contributed by atoms with van der Waals surface area (Å²) in [5, 5.41) is 2.89. The summed E-state index contributed by atoms with van der Waals surface area (Å²) < 4.78 is 32.5. The maximum atomic E-state index is 12.4. The summed E-state index contributed by atoms with van der Waals surface area (Å²) in [7, 11) is -1.78. The molecule has 2 rings (SSSR count). The molecule has 0 spiro atoms. The number of carbonyl (C=O) groups is 1. The molecule has 1 saturated carbocycles. The second-order valence-corrected chi connectivity index (χ2v) is 8.51. The van der Waals surface area contributed by atoms with Crippen LogP contribution < -0.4 is 10.0 Å². The normalized spacial score (nSPS) is 15.3. The average Bonchev–Trinajstić information content (AvgIpc) is 3.12. The maximum absolute atomic E-state index is 12.4. The fraction of sp³-hybridized carbons (Fsp3) is 0.632. The Morgan fingerprint density at radius 1 is 1.15 bits per heavy atom. The van der Waals surface area contributed by atoms with Gasteiger partial charge in [0.1, 0.15) is 0 Å². The zero-order valence-corrected chi connectivity index (χ0v) is 16.3. The fourth-order valence-corrected chi connectivity index (χ4v) is 4.42. The molecule has 26 heavy (non-hydrogen) atoms. The second kappa shape index (κ2) is 10.6. The monoisotopic (exact) mass is 382 g/mol. The first-order valence-corrected chi connectivity index (χ1v) is 10.9. The molecule has 1 aliphatic carbocycles. The quantitative estimate of drug-likeness (QED) is 0.576. The highest BCUT2D eigenvalue weighted by Gasteiger charge is 2.22. The number of hydrogen-bond acceptors (Lipinski definition) is 4. The molecule has 1 aliphatic rings. The summed E-state index contributed by atoms with van der Waals surface area (Å²) in [6.07, 6.45) is 6.83. The lowest BCUT2D eigenvalue weighted by molar-refractivity contribution is -0.121. The van der Waals surface area contributed by atoms with Crippen LogP contribution in [0.25, 0.3) is 0 Å². The molecule has 146 valence electrons. The summed E-state index contributed by atoms with van der Waals surface area (Å²) in [6.45, 7) is 1.37. The number of rotatable bonds is 11. The van der Waals surface area contributed by atoms with Gasteiger partial charge >= 0.3 is 0 Å². The first kappa shape index (κ1) is 20.9. The maximum Gasteiger partial charge on any atom is 0.240 e. The van der Waals surface area contributed by atoms with Crippen LogP contribution in [0.15, 0.2) is 29.2 Å². The molecule has 0 radical (unpaired) electrons. The van der Waals surface area contributed by atoms with Crippen molar-refractivity contribution in [2.45, 2.75) is 62.3 Å². The van der Waals surface area contributed by atoms with Gasteiger partial charge in [-0.2, -0.15) is 0 Å². The standard InChI is InChI=1S/C19H30N2O4S/c1-25-15-5-4-14-20-19(22)13-10-16-8-11-18(12-9-16)26(23,24)21-17-6-2-3-7-17/h8-9,11-12,17,21H,2-7,10,13-15H2,1H3,(H,20,22). The van der Waals surface area contributed by atoms with E-state index in [2.05, 4.69) is 10.0 Å². The molecule has 7 heteroatoms. The van der Waals surface area contributed by atoms with Gasteiger partial charge < -0.3 is 10.1 Å². The lowest BCUT2D eigenvalue weighted by Gasteiger charge is -2.12. The Morgan fingerprint density at radius 2 is 1.85 bits per heavy atom. The second-order valence-electron chi connectivity index (χ2n) is 6.80. The molecule has 2 N–H and O–H groups in total. The Morgan fingerprint density at radius 3 is 2.50 bits per heavy atom. The number of hydrogen-bond donors (Lipinski definition) is 2. The van der Waals surface area contributed by atoms with Crippen LogP contribution in [0.1, 0.15) is 50.5 Å². The van der Waals surface area contributed by atoms with Gasteiger partial charge in [0.15, 0.2) is 0 Å². The van der Waals surface area contributed by atoms with Crippen molar-refractivity contribution < 1.29 is 17.9 Å². The van der Waals surface area contributed by atoms with Crippen LogP contribution in [0.4, 0.5) is 0 Å². The SMILES string of the molecule is COCCCCNC(=O)CCc1ccc(S(=O)(=O)NC2CCCC2)cc1. The molecule has 1 aromatic rings. The Labute approximate surface area is 156 Å². The highest BCUT2D eigenvalue weighted by Crippen LogP contribution is 2.20. The van der Waals surface area contributed by atoms with Crippen LogP contribution >= 0.6 is 0 Å². The number of sulfonamides is 1. The number of aryl methyl sites for hydroxylation is 1. The molecule has 1 fully saturated rings. The third-order valence-electron chi connectivity index (χ3n) is 4.65. The van der Waals surface area contributed by atoms with Crippen molar-refractivity contribution in [1.82, 2.24) is 10.0 Å². The average molecular weight is 383 g/mol. The van der Waals surface area contributed by atoms with Gasteiger partial charge in [-0.15, -0.1) is 0 Å². The minimum atomic E-state index is -3.45. The van der Waals surface area contributed by atoms with Crippen molar-refractivity contribution >= 4 is 15.9 Å². The van der Waals surface area contributed by atoms with Gasteiger partial charge in [0, 0.05) is 32.7 Å². The molecule has 0 aromatic heterocycles. The van der Waals surface area contributed by atoms with Gasteiger partial charge in [-0.05, 0) is 49.8 Å². The van der Waals surface area contributed by atoms with Gasteiger partial charge in [0.05, 0.1) is 4.90 Å². The van der Waals surface area contributed by atoms with E-state index in [1.54, 1.807) is 31.4 Å². The third-order valence-corrected chi connectivity index (χ3v) is 6.19. The summed E-state index contributed by atoms with van der Waals surface area (Å²) in [4.78, 5) is 12.1. The van der Waals surface area contributed by atoms with E-state index in [4.69, 9.17) is 4.74 Å². The molecule has 0 atom stereocenters. The molecular weight excluding hydrogens is 352 g/mol. The Kier molecular flexibility index (Phi) is 8.54. The van der Waals surface area contributed by atoms with Crippen molar-refractivity contribution in [2.75, 3.05) is 20.3 Å². The van der Waals surface area contributed by atoms with E-state index < -0.39 is 10.0 Å². The number of carbonyl (C=O) groups excluding carboxylic acids is 1. The van der Waals surface area contributed by atoms with Crippen LogP contribution in [-0.2, 0) is 26.0 Å².